The summed E-state index contributed by atoms with van der Waals surface area (Å²) in [5.74, 6) is 0.959. The lowest BCUT2D eigenvalue weighted by Crippen LogP contribution is -2.11. The van der Waals surface area contributed by atoms with Gasteiger partial charge in [-0.1, -0.05) is 6.92 Å². The smallest absolute Gasteiger partial charge is 0.128 e. The minimum absolute atomic E-state index is 0.781. The van der Waals surface area contributed by atoms with Crippen molar-refractivity contribution in [3.63, 3.8) is 0 Å². The van der Waals surface area contributed by atoms with E-state index in [1.54, 1.807) is 6.20 Å². The van der Waals surface area contributed by atoms with Gasteiger partial charge in [-0.05, 0) is 18.1 Å². The summed E-state index contributed by atoms with van der Waals surface area (Å²) >= 11 is 0. The summed E-state index contributed by atoms with van der Waals surface area (Å²) in [6.45, 7) is 2.09. The average molecular weight is 165 g/mol. The second kappa shape index (κ2) is 3.43. The molecule has 1 rings (SSSR count). The third kappa shape index (κ3) is 1.67. The van der Waals surface area contributed by atoms with Gasteiger partial charge >= 0.3 is 0 Å². The summed E-state index contributed by atoms with van der Waals surface area (Å²) in [6.07, 6.45) is 2.67. The number of hydrogen-bond acceptors (Lipinski definition) is 3. The highest BCUT2D eigenvalue weighted by Crippen LogP contribution is 2.16. The molecule has 1 aromatic rings. The minimum Gasteiger partial charge on any atom is -0.397 e. The highest BCUT2D eigenvalue weighted by atomic mass is 15.1. The number of nitrogen functional groups attached to an aromatic ring is 1. The summed E-state index contributed by atoms with van der Waals surface area (Å²) in [5.41, 5.74) is 7.66. The van der Waals surface area contributed by atoms with Crippen LogP contribution < -0.4 is 10.6 Å². The van der Waals surface area contributed by atoms with Crippen molar-refractivity contribution in [1.29, 1.82) is 0 Å². The molecule has 66 valence electrons. The van der Waals surface area contributed by atoms with Gasteiger partial charge in [-0.15, -0.1) is 0 Å². The first kappa shape index (κ1) is 8.84. The molecular formula is C9H15N3. The Kier molecular flexibility index (Phi) is 2.53. The molecule has 0 aliphatic carbocycles. The van der Waals surface area contributed by atoms with Crippen molar-refractivity contribution in [3.05, 3.63) is 17.8 Å². The van der Waals surface area contributed by atoms with E-state index in [-0.39, 0.29) is 0 Å². The molecule has 0 atom stereocenters. The number of nitrogens with zero attached hydrogens (tertiary/aromatic N) is 2. The number of aryl methyl sites for hydroxylation is 1. The number of aromatic nitrogens is 1. The van der Waals surface area contributed by atoms with Crippen LogP contribution in [-0.2, 0) is 6.42 Å². The third-order valence-corrected chi connectivity index (χ3v) is 1.85. The van der Waals surface area contributed by atoms with E-state index < -0.39 is 0 Å². The molecule has 3 nitrogen and oxygen atoms in total. The number of pyridine rings is 1. The predicted molar refractivity (Wildman–Crippen MR) is 52.4 cm³/mol. The molecule has 0 radical (unpaired) electrons. The SMILES string of the molecule is CCc1cc(N(C)C)ncc1N. The van der Waals surface area contributed by atoms with Crippen LogP contribution in [0.3, 0.4) is 0 Å². The van der Waals surface area contributed by atoms with Gasteiger partial charge in [0.2, 0.25) is 0 Å². The predicted octanol–water partition coefficient (Wildman–Crippen LogP) is 1.29. The van der Waals surface area contributed by atoms with E-state index in [0.29, 0.717) is 0 Å². The monoisotopic (exact) mass is 165 g/mol. The molecule has 0 fully saturated rings. The molecule has 0 unspecified atom stereocenters. The third-order valence-electron chi connectivity index (χ3n) is 1.85. The molecule has 0 aliphatic heterocycles. The van der Waals surface area contributed by atoms with Crippen LogP contribution in [0.1, 0.15) is 12.5 Å². The van der Waals surface area contributed by atoms with Crippen molar-refractivity contribution in [2.45, 2.75) is 13.3 Å². The van der Waals surface area contributed by atoms with Crippen LogP contribution in [0.25, 0.3) is 0 Å². The largest absolute Gasteiger partial charge is 0.397 e. The summed E-state index contributed by atoms with van der Waals surface area (Å²) in [4.78, 5) is 6.16. The molecular weight excluding hydrogens is 150 g/mol. The fraction of sp³-hybridized carbons (Fsp3) is 0.444. The fourth-order valence-electron chi connectivity index (χ4n) is 1.05. The topological polar surface area (TPSA) is 42.2 Å². The molecule has 0 bridgehead atoms. The van der Waals surface area contributed by atoms with Gasteiger partial charge in [0.1, 0.15) is 5.82 Å². The average Bonchev–Trinajstić information content (AvgIpc) is 2.05. The lowest BCUT2D eigenvalue weighted by molar-refractivity contribution is 1.04. The zero-order valence-electron chi connectivity index (χ0n) is 7.83. The van der Waals surface area contributed by atoms with Crippen LogP contribution in [0.5, 0.6) is 0 Å². The second-order valence-corrected chi connectivity index (χ2v) is 2.99. The van der Waals surface area contributed by atoms with E-state index in [0.717, 1.165) is 23.5 Å². The number of anilines is 2. The standard InChI is InChI=1S/C9H15N3/c1-4-7-5-9(12(2)3)11-6-8(7)10/h5-6H,4,10H2,1-3H3. The van der Waals surface area contributed by atoms with Crippen LogP contribution >= 0.6 is 0 Å². The van der Waals surface area contributed by atoms with Crippen LogP contribution in [0.2, 0.25) is 0 Å². The number of nitrogens with two attached hydrogens (primary N) is 1. The van der Waals surface area contributed by atoms with Gasteiger partial charge in [-0.2, -0.15) is 0 Å². The van der Waals surface area contributed by atoms with E-state index in [2.05, 4.69) is 11.9 Å². The Morgan fingerprint density at radius 3 is 2.67 bits per heavy atom. The van der Waals surface area contributed by atoms with Crippen molar-refractivity contribution in [2.24, 2.45) is 0 Å². The van der Waals surface area contributed by atoms with Gasteiger partial charge in [0.15, 0.2) is 0 Å². The van der Waals surface area contributed by atoms with Gasteiger partial charge in [-0.25, -0.2) is 4.98 Å². The van der Waals surface area contributed by atoms with Crippen molar-refractivity contribution >= 4 is 11.5 Å². The summed E-state index contributed by atoms with van der Waals surface area (Å²) in [7, 11) is 3.94. The van der Waals surface area contributed by atoms with E-state index in [1.165, 1.54) is 0 Å². The maximum atomic E-state index is 5.72. The van der Waals surface area contributed by atoms with Crippen molar-refractivity contribution in [3.8, 4) is 0 Å². The lowest BCUT2D eigenvalue weighted by atomic mass is 10.2. The Bertz CT molecular complexity index is 268. The zero-order valence-corrected chi connectivity index (χ0v) is 7.83. The quantitative estimate of drug-likeness (QED) is 0.718. The Morgan fingerprint density at radius 2 is 2.17 bits per heavy atom. The summed E-state index contributed by atoms with van der Waals surface area (Å²) in [5, 5.41) is 0. The van der Waals surface area contributed by atoms with Gasteiger partial charge in [0.25, 0.3) is 0 Å². The van der Waals surface area contributed by atoms with Gasteiger partial charge in [0, 0.05) is 14.1 Å². The zero-order chi connectivity index (χ0) is 9.14. The molecule has 0 saturated heterocycles. The molecule has 2 N–H and O–H groups in total. The van der Waals surface area contributed by atoms with Crippen LogP contribution in [0, 0.1) is 0 Å². The minimum atomic E-state index is 0.781. The molecule has 0 aliphatic rings. The van der Waals surface area contributed by atoms with Gasteiger partial charge in [0.05, 0.1) is 11.9 Å². The van der Waals surface area contributed by atoms with E-state index in [4.69, 9.17) is 5.73 Å². The molecule has 0 spiro atoms. The Labute approximate surface area is 73.2 Å². The molecule has 12 heavy (non-hydrogen) atoms. The van der Waals surface area contributed by atoms with E-state index >= 15 is 0 Å². The molecule has 0 amide bonds. The van der Waals surface area contributed by atoms with Crippen LogP contribution in [0.15, 0.2) is 12.3 Å². The normalized spacial score (nSPS) is 9.92. The Hall–Kier alpha value is -1.25. The highest BCUT2D eigenvalue weighted by Gasteiger charge is 2.01. The lowest BCUT2D eigenvalue weighted by Gasteiger charge is -2.12. The maximum Gasteiger partial charge on any atom is 0.128 e. The van der Waals surface area contributed by atoms with Gasteiger partial charge < -0.3 is 10.6 Å². The maximum absolute atomic E-state index is 5.72. The molecule has 0 aromatic carbocycles. The van der Waals surface area contributed by atoms with Crippen molar-refractivity contribution < 1.29 is 0 Å². The summed E-state index contributed by atoms with van der Waals surface area (Å²) < 4.78 is 0. The first-order valence-corrected chi connectivity index (χ1v) is 4.07. The van der Waals surface area contributed by atoms with E-state index in [1.807, 2.05) is 25.1 Å². The van der Waals surface area contributed by atoms with E-state index in [9.17, 15) is 0 Å². The number of rotatable bonds is 2. The van der Waals surface area contributed by atoms with Crippen LogP contribution in [0.4, 0.5) is 11.5 Å². The van der Waals surface area contributed by atoms with Crippen molar-refractivity contribution in [1.82, 2.24) is 4.98 Å². The van der Waals surface area contributed by atoms with Crippen molar-refractivity contribution in [2.75, 3.05) is 24.7 Å². The molecule has 3 heteroatoms. The Morgan fingerprint density at radius 1 is 1.50 bits per heavy atom. The molecule has 0 saturated carbocycles. The molecule has 1 heterocycles. The number of hydrogen-bond donors (Lipinski definition) is 1. The van der Waals surface area contributed by atoms with Crippen LogP contribution in [-0.4, -0.2) is 19.1 Å². The fourth-order valence-corrected chi connectivity index (χ4v) is 1.05. The highest BCUT2D eigenvalue weighted by molar-refractivity contribution is 5.52. The first-order chi connectivity index (χ1) is 5.65. The Balaban J connectivity index is 3.05. The second-order valence-electron chi connectivity index (χ2n) is 2.99. The van der Waals surface area contributed by atoms with Gasteiger partial charge in [-0.3, -0.25) is 0 Å². The molecule has 1 aromatic heterocycles. The first-order valence-electron chi connectivity index (χ1n) is 4.07. The summed E-state index contributed by atoms with van der Waals surface area (Å²) in [6, 6.07) is 2.02.